The molecule has 0 amide bonds. The third-order valence-corrected chi connectivity index (χ3v) is 7.98. The van der Waals surface area contributed by atoms with Crippen molar-refractivity contribution >= 4 is 56.7 Å². The van der Waals surface area contributed by atoms with Gasteiger partial charge in [0.15, 0.2) is 0 Å². The van der Waals surface area contributed by atoms with Gasteiger partial charge in [0.25, 0.3) is 0 Å². The van der Waals surface area contributed by atoms with Crippen molar-refractivity contribution in [2.24, 2.45) is 5.92 Å². The lowest BCUT2D eigenvalue weighted by molar-refractivity contribution is -0.155. The molecule has 3 aromatic rings. The number of fused-ring (bicyclic) bond motifs is 1. The molecule has 0 spiro atoms. The summed E-state index contributed by atoms with van der Waals surface area (Å²) in [6.07, 6.45) is 2.44. The molecule has 1 fully saturated rings. The van der Waals surface area contributed by atoms with Crippen LogP contribution in [0.1, 0.15) is 32.8 Å². The number of ether oxygens (including phenoxy) is 1. The fourth-order valence-corrected chi connectivity index (χ4v) is 5.41. The van der Waals surface area contributed by atoms with Crippen molar-refractivity contribution in [3.63, 3.8) is 0 Å². The van der Waals surface area contributed by atoms with Crippen LogP contribution in [0, 0.1) is 5.92 Å². The molecule has 4 rings (SSSR count). The van der Waals surface area contributed by atoms with Gasteiger partial charge in [-0.05, 0) is 49.4 Å². The summed E-state index contributed by atoms with van der Waals surface area (Å²) in [6.45, 7) is 7.47. The van der Waals surface area contributed by atoms with Gasteiger partial charge in [0, 0.05) is 36.6 Å². The third-order valence-electron chi connectivity index (χ3n) is 6.42. The van der Waals surface area contributed by atoms with Crippen LogP contribution in [-0.4, -0.2) is 40.7 Å². The zero-order chi connectivity index (χ0) is 22.9. The maximum Gasteiger partial charge on any atom is 0.326 e. The summed E-state index contributed by atoms with van der Waals surface area (Å²) in [5.74, 6) is 0.413. The van der Waals surface area contributed by atoms with Crippen molar-refractivity contribution in [2.45, 2.75) is 45.3 Å². The van der Waals surface area contributed by atoms with Gasteiger partial charge < -0.3 is 9.64 Å². The van der Waals surface area contributed by atoms with Gasteiger partial charge in [-0.15, -0.1) is 11.3 Å². The van der Waals surface area contributed by atoms with Gasteiger partial charge in [-0.1, -0.05) is 36.2 Å². The number of carbonyl (C=O) groups excluding carboxylic acids is 1. The number of nitrogens with zero attached hydrogens (tertiary/aromatic N) is 3. The van der Waals surface area contributed by atoms with Crippen LogP contribution in [0.5, 0.6) is 0 Å². The smallest absolute Gasteiger partial charge is 0.326 e. The van der Waals surface area contributed by atoms with E-state index < -0.39 is 5.54 Å². The Morgan fingerprint density at radius 3 is 2.88 bits per heavy atom. The van der Waals surface area contributed by atoms with E-state index in [-0.39, 0.29) is 17.9 Å². The van der Waals surface area contributed by atoms with Crippen LogP contribution in [0.25, 0.3) is 10.2 Å². The van der Waals surface area contributed by atoms with Crippen molar-refractivity contribution in [1.29, 1.82) is 0 Å². The van der Waals surface area contributed by atoms with E-state index in [0.29, 0.717) is 42.1 Å². The fourth-order valence-electron chi connectivity index (χ4n) is 4.36. The number of anilines is 1. The van der Waals surface area contributed by atoms with E-state index in [1.165, 1.54) is 0 Å². The number of benzene rings is 1. The Morgan fingerprint density at radius 1 is 1.31 bits per heavy atom. The summed E-state index contributed by atoms with van der Waals surface area (Å²) in [7, 11) is 0. The molecule has 2 aromatic heterocycles. The van der Waals surface area contributed by atoms with Crippen molar-refractivity contribution in [2.75, 3.05) is 18.1 Å². The average Bonchev–Trinajstić information content (AvgIpc) is 3.25. The first-order valence-electron chi connectivity index (χ1n) is 10.7. The SMILES string of the molecule is CCOC(=O)C1(NCc2ccc(Cl)c(Cl)c2)CCN(c2ncc3ccsc3n2)C(C)C1C. The van der Waals surface area contributed by atoms with E-state index in [1.807, 2.05) is 36.7 Å². The zero-order valence-corrected chi connectivity index (χ0v) is 20.6. The highest BCUT2D eigenvalue weighted by molar-refractivity contribution is 7.16. The minimum absolute atomic E-state index is 0.0203. The molecule has 1 aliphatic rings. The number of thiophene rings is 1. The molecule has 9 heteroatoms. The fraction of sp³-hybridized carbons (Fsp3) is 0.435. The highest BCUT2D eigenvalue weighted by atomic mass is 35.5. The lowest BCUT2D eigenvalue weighted by Crippen LogP contribution is -2.66. The molecule has 0 saturated carbocycles. The van der Waals surface area contributed by atoms with E-state index in [9.17, 15) is 4.79 Å². The number of nitrogens with one attached hydrogen (secondary N) is 1. The zero-order valence-electron chi connectivity index (χ0n) is 18.3. The minimum atomic E-state index is -0.828. The molecule has 3 atom stereocenters. The van der Waals surface area contributed by atoms with E-state index in [1.54, 1.807) is 17.4 Å². The standard InChI is InChI=1S/C23H26Cl2N4O2S/c1-4-31-21(30)23(27-12-16-5-6-18(24)19(25)11-16)8-9-29(15(3)14(23)2)22-26-13-17-7-10-32-20(17)28-22/h5-7,10-11,13-15,27H,4,8-9,12H2,1-3H3. The molecule has 1 N–H and O–H groups in total. The van der Waals surface area contributed by atoms with Crippen LogP contribution in [-0.2, 0) is 16.1 Å². The maximum atomic E-state index is 13.2. The molecule has 1 aliphatic heterocycles. The molecule has 0 radical (unpaired) electrons. The highest BCUT2D eigenvalue weighted by Crippen LogP contribution is 2.36. The summed E-state index contributed by atoms with van der Waals surface area (Å²) in [4.78, 5) is 25.7. The molecule has 3 unspecified atom stereocenters. The molecular weight excluding hydrogens is 467 g/mol. The van der Waals surface area contributed by atoms with Crippen molar-refractivity contribution in [1.82, 2.24) is 15.3 Å². The summed E-state index contributed by atoms with van der Waals surface area (Å²) in [5, 5.41) is 7.58. The molecule has 6 nitrogen and oxygen atoms in total. The number of aromatic nitrogens is 2. The first kappa shape index (κ1) is 23.2. The number of halogens is 2. The van der Waals surface area contributed by atoms with E-state index in [2.05, 4.69) is 29.0 Å². The largest absolute Gasteiger partial charge is 0.465 e. The summed E-state index contributed by atoms with van der Waals surface area (Å²) >= 11 is 13.8. The van der Waals surface area contributed by atoms with Crippen molar-refractivity contribution in [3.05, 3.63) is 51.5 Å². The van der Waals surface area contributed by atoms with E-state index in [0.717, 1.165) is 15.8 Å². The summed E-state index contributed by atoms with van der Waals surface area (Å²) in [6, 6.07) is 7.54. The lowest BCUT2D eigenvalue weighted by Gasteiger charge is -2.49. The average molecular weight is 493 g/mol. The van der Waals surface area contributed by atoms with Crippen LogP contribution in [0.2, 0.25) is 10.0 Å². The number of esters is 1. The molecule has 0 bridgehead atoms. The van der Waals surface area contributed by atoms with E-state index in [4.69, 9.17) is 32.9 Å². The molecule has 1 saturated heterocycles. The second-order valence-corrected chi connectivity index (χ2v) is 9.83. The Labute approximate surface area is 201 Å². The Kier molecular flexibility index (Phi) is 6.91. The van der Waals surface area contributed by atoms with Gasteiger partial charge in [-0.25, -0.2) is 9.97 Å². The third kappa shape index (κ3) is 4.31. The van der Waals surface area contributed by atoms with Gasteiger partial charge in [-0.3, -0.25) is 10.1 Å². The predicted octanol–water partition coefficient (Wildman–Crippen LogP) is 5.32. The second kappa shape index (κ2) is 9.51. The van der Waals surface area contributed by atoms with Gasteiger partial charge in [0.2, 0.25) is 5.95 Å². The van der Waals surface area contributed by atoms with Crippen LogP contribution in [0.4, 0.5) is 5.95 Å². The topological polar surface area (TPSA) is 67.3 Å². The Hall–Kier alpha value is -1.93. The molecular formula is C23H26Cl2N4O2S. The number of hydrogen-bond acceptors (Lipinski definition) is 7. The number of hydrogen-bond donors (Lipinski definition) is 1. The number of carbonyl (C=O) groups is 1. The Balaban J connectivity index is 1.59. The normalized spacial score (nSPS) is 23.5. The van der Waals surface area contributed by atoms with Crippen molar-refractivity contribution < 1.29 is 9.53 Å². The maximum absolute atomic E-state index is 13.2. The van der Waals surface area contributed by atoms with Gasteiger partial charge in [0.05, 0.1) is 16.7 Å². The first-order chi connectivity index (χ1) is 15.4. The van der Waals surface area contributed by atoms with Crippen molar-refractivity contribution in [3.8, 4) is 0 Å². The Morgan fingerprint density at radius 2 is 2.12 bits per heavy atom. The Bertz CT molecular complexity index is 1120. The molecule has 1 aromatic carbocycles. The van der Waals surface area contributed by atoms with Gasteiger partial charge >= 0.3 is 5.97 Å². The molecule has 170 valence electrons. The first-order valence-corrected chi connectivity index (χ1v) is 12.3. The number of rotatable bonds is 6. The monoisotopic (exact) mass is 492 g/mol. The van der Waals surface area contributed by atoms with Crippen LogP contribution >= 0.6 is 34.5 Å². The summed E-state index contributed by atoms with van der Waals surface area (Å²) < 4.78 is 5.53. The van der Waals surface area contributed by atoms with Crippen LogP contribution < -0.4 is 10.2 Å². The molecule has 0 aliphatic carbocycles. The van der Waals surface area contributed by atoms with Gasteiger partial charge in [0.1, 0.15) is 10.4 Å². The second-order valence-electron chi connectivity index (χ2n) is 8.12. The van der Waals surface area contributed by atoms with Crippen LogP contribution in [0.15, 0.2) is 35.8 Å². The lowest BCUT2D eigenvalue weighted by atomic mass is 9.74. The van der Waals surface area contributed by atoms with E-state index >= 15 is 0 Å². The minimum Gasteiger partial charge on any atom is -0.465 e. The molecule has 3 heterocycles. The quantitative estimate of drug-likeness (QED) is 0.469. The predicted molar refractivity (Wildman–Crippen MR) is 131 cm³/mol. The number of piperidine rings is 1. The molecule has 32 heavy (non-hydrogen) atoms. The van der Waals surface area contributed by atoms with Crippen LogP contribution in [0.3, 0.4) is 0 Å². The summed E-state index contributed by atoms with van der Waals surface area (Å²) in [5.41, 5.74) is 0.127. The van der Waals surface area contributed by atoms with Gasteiger partial charge in [-0.2, -0.15) is 0 Å². The highest BCUT2D eigenvalue weighted by Gasteiger charge is 2.51.